The molecule has 3 nitrogen and oxygen atoms in total. The summed E-state index contributed by atoms with van der Waals surface area (Å²) in [5.41, 5.74) is 4.71. The van der Waals surface area contributed by atoms with Gasteiger partial charge in [0.25, 0.3) is 0 Å². The molecule has 0 aliphatic carbocycles. The Kier molecular flexibility index (Phi) is 8.29. The second-order valence-corrected chi connectivity index (χ2v) is 11.2. The van der Waals surface area contributed by atoms with E-state index >= 15 is 0 Å². The number of rotatable bonds is 9. The third-order valence-corrected chi connectivity index (χ3v) is 8.53. The van der Waals surface area contributed by atoms with E-state index < -0.39 is 10.9 Å². The lowest BCUT2D eigenvalue weighted by atomic mass is 9.92. The molecule has 1 aromatic carbocycles. The molecule has 1 atom stereocenters. The van der Waals surface area contributed by atoms with E-state index in [1.165, 1.54) is 28.8 Å². The van der Waals surface area contributed by atoms with Crippen molar-refractivity contribution in [2.45, 2.75) is 83.6 Å². The van der Waals surface area contributed by atoms with Gasteiger partial charge in [-0.25, -0.2) is 4.39 Å². The molecular weight excluding hydrogens is 407 g/mol. The van der Waals surface area contributed by atoms with Gasteiger partial charge >= 0.3 is 0 Å². The Bertz CT molecular complexity index is 939. The van der Waals surface area contributed by atoms with E-state index in [0.717, 1.165) is 53.2 Å². The first-order chi connectivity index (χ1) is 14.9. The zero-order chi connectivity index (χ0) is 22.5. The van der Waals surface area contributed by atoms with E-state index in [1.807, 2.05) is 6.07 Å². The van der Waals surface area contributed by atoms with Gasteiger partial charge in [0.1, 0.15) is 5.82 Å². The summed E-state index contributed by atoms with van der Waals surface area (Å²) in [6.07, 6.45) is 4.59. The van der Waals surface area contributed by atoms with Crippen molar-refractivity contribution < 1.29 is 9.50 Å². The average Bonchev–Trinajstić information content (AvgIpc) is 3.20. The fourth-order valence-corrected chi connectivity index (χ4v) is 7.26. The molecule has 5 heteroatoms. The van der Waals surface area contributed by atoms with Gasteiger partial charge in [-0.15, -0.1) is 0 Å². The molecule has 0 amide bonds. The number of aliphatic hydroxyl groups excluding tert-OH is 1. The number of thiol groups is 1. The van der Waals surface area contributed by atoms with Crippen molar-refractivity contribution in [2.24, 2.45) is 4.99 Å². The summed E-state index contributed by atoms with van der Waals surface area (Å²) < 4.78 is 14.3. The number of unbranched alkanes of at least 4 members (excludes halogenated alkanes) is 2. The van der Waals surface area contributed by atoms with Crippen molar-refractivity contribution >= 4 is 15.9 Å². The molecule has 1 aromatic heterocycles. The molecule has 2 heterocycles. The van der Waals surface area contributed by atoms with E-state index in [2.05, 4.69) is 34.6 Å². The smallest absolute Gasteiger partial charge is 0.123 e. The lowest BCUT2D eigenvalue weighted by molar-refractivity contribution is 0.279. The lowest BCUT2D eigenvalue weighted by Crippen LogP contribution is -2.13. The summed E-state index contributed by atoms with van der Waals surface area (Å²) in [5, 5.41) is 11.8. The van der Waals surface area contributed by atoms with Gasteiger partial charge in [0.15, 0.2) is 0 Å². The summed E-state index contributed by atoms with van der Waals surface area (Å²) in [5.74, 6) is 1.19. The van der Waals surface area contributed by atoms with Crippen LogP contribution in [0.1, 0.15) is 89.1 Å². The van der Waals surface area contributed by atoms with Gasteiger partial charge < -0.3 is 5.11 Å². The number of hydrogen-bond acceptors (Lipinski definition) is 3. The Morgan fingerprint density at radius 2 is 1.84 bits per heavy atom. The van der Waals surface area contributed by atoms with Crippen LogP contribution < -0.4 is 0 Å². The molecule has 1 unspecified atom stereocenters. The molecule has 1 N–H and O–H groups in total. The SMILES string of the molecule is CCCCCC1=NCC[SH]1c1c(C(C)C)nc(C(C)C)c(CO)c1-c1cccc(F)c1. The highest BCUT2D eigenvalue weighted by Gasteiger charge is 2.30. The molecule has 3 rings (SSSR count). The molecule has 1 aliphatic heterocycles. The van der Waals surface area contributed by atoms with Crippen LogP contribution in [0.25, 0.3) is 11.1 Å². The minimum atomic E-state index is -0.627. The maximum atomic E-state index is 14.3. The van der Waals surface area contributed by atoms with Crippen molar-refractivity contribution in [3.63, 3.8) is 0 Å². The zero-order valence-corrected chi connectivity index (χ0v) is 20.5. The monoisotopic (exact) mass is 444 g/mol. The van der Waals surface area contributed by atoms with Gasteiger partial charge in [0.05, 0.1) is 17.3 Å². The van der Waals surface area contributed by atoms with Crippen LogP contribution in [0.15, 0.2) is 34.2 Å². The average molecular weight is 445 g/mol. The van der Waals surface area contributed by atoms with E-state index in [9.17, 15) is 9.50 Å². The molecule has 0 fully saturated rings. The summed E-state index contributed by atoms with van der Waals surface area (Å²) in [6, 6.07) is 6.81. The van der Waals surface area contributed by atoms with E-state index in [1.54, 1.807) is 12.1 Å². The minimum absolute atomic E-state index is 0.0940. The minimum Gasteiger partial charge on any atom is -0.392 e. The van der Waals surface area contributed by atoms with Gasteiger partial charge in [-0.2, -0.15) is 10.9 Å². The van der Waals surface area contributed by atoms with Gasteiger partial charge in [-0.05, 0) is 42.4 Å². The Hall–Kier alpha value is -1.72. The number of aliphatic imine (C=N–C) groups is 1. The molecular formula is C26H37FN2OS. The van der Waals surface area contributed by atoms with Crippen molar-refractivity contribution in [1.82, 2.24) is 4.98 Å². The molecule has 0 saturated carbocycles. The van der Waals surface area contributed by atoms with Crippen LogP contribution in [0, 0.1) is 5.82 Å². The van der Waals surface area contributed by atoms with Crippen LogP contribution in [0.5, 0.6) is 0 Å². The predicted octanol–water partition coefficient (Wildman–Crippen LogP) is 6.98. The van der Waals surface area contributed by atoms with E-state index in [4.69, 9.17) is 9.98 Å². The highest BCUT2D eigenvalue weighted by atomic mass is 32.2. The van der Waals surface area contributed by atoms with Crippen LogP contribution in [0.4, 0.5) is 4.39 Å². The number of pyridine rings is 1. The lowest BCUT2D eigenvalue weighted by Gasteiger charge is -2.29. The summed E-state index contributed by atoms with van der Waals surface area (Å²) in [4.78, 5) is 11.3. The zero-order valence-electron chi connectivity index (χ0n) is 19.6. The third-order valence-electron chi connectivity index (χ3n) is 5.90. The van der Waals surface area contributed by atoms with Crippen molar-refractivity contribution in [3.8, 4) is 11.1 Å². The van der Waals surface area contributed by atoms with Crippen molar-refractivity contribution in [2.75, 3.05) is 12.3 Å². The number of benzene rings is 1. The van der Waals surface area contributed by atoms with Crippen LogP contribution in [-0.4, -0.2) is 27.4 Å². The predicted molar refractivity (Wildman–Crippen MR) is 132 cm³/mol. The number of halogens is 1. The first-order valence-corrected chi connectivity index (χ1v) is 13.2. The Balaban J connectivity index is 2.29. The van der Waals surface area contributed by atoms with Gasteiger partial charge in [0.2, 0.25) is 0 Å². The van der Waals surface area contributed by atoms with E-state index in [-0.39, 0.29) is 24.3 Å². The fourth-order valence-electron chi connectivity index (χ4n) is 4.40. The van der Waals surface area contributed by atoms with Crippen LogP contribution in [-0.2, 0) is 6.61 Å². The second kappa shape index (κ2) is 10.7. The molecule has 1 aliphatic rings. The highest BCUT2D eigenvalue weighted by molar-refractivity contribution is 8.30. The number of nitrogens with zero attached hydrogens (tertiary/aromatic N) is 2. The van der Waals surface area contributed by atoms with Gasteiger partial charge in [0, 0.05) is 34.0 Å². The fraction of sp³-hybridized carbons (Fsp3) is 0.538. The molecule has 0 bridgehead atoms. The second-order valence-electron chi connectivity index (χ2n) is 8.97. The van der Waals surface area contributed by atoms with Crippen molar-refractivity contribution in [3.05, 3.63) is 47.0 Å². The quantitative estimate of drug-likeness (QED) is 0.324. The first-order valence-electron chi connectivity index (χ1n) is 11.6. The maximum Gasteiger partial charge on any atom is 0.123 e. The van der Waals surface area contributed by atoms with Crippen LogP contribution >= 0.6 is 10.9 Å². The topological polar surface area (TPSA) is 45.5 Å². The Labute approximate surface area is 189 Å². The standard InChI is InChI=1S/C26H37FN2OS/c1-6-7-8-12-22-28-13-14-31(22)26-23(19-10-9-11-20(27)15-19)21(16-30)24(17(2)3)29-25(26)18(4)5/h9-11,15,17-18,30-31H,6-8,12-14,16H2,1-5H3. The van der Waals surface area contributed by atoms with Gasteiger partial charge in [-0.3, -0.25) is 9.98 Å². The van der Waals surface area contributed by atoms with Crippen LogP contribution in [0.2, 0.25) is 0 Å². The summed E-state index contributed by atoms with van der Waals surface area (Å²) in [6.45, 7) is 11.6. The van der Waals surface area contributed by atoms with Gasteiger partial charge in [-0.1, -0.05) is 59.6 Å². The molecule has 170 valence electrons. The van der Waals surface area contributed by atoms with Crippen LogP contribution in [0.3, 0.4) is 0 Å². The third kappa shape index (κ3) is 5.20. The Morgan fingerprint density at radius 3 is 2.45 bits per heavy atom. The maximum absolute atomic E-state index is 14.3. The molecule has 2 aromatic rings. The number of hydrogen-bond donors (Lipinski definition) is 2. The normalized spacial score (nSPS) is 17.6. The highest BCUT2D eigenvalue weighted by Crippen LogP contribution is 2.52. The largest absolute Gasteiger partial charge is 0.392 e. The van der Waals surface area contributed by atoms with E-state index in [0.29, 0.717) is 0 Å². The molecule has 0 radical (unpaired) electrons. The number of aromatic nitrogens is 1. The molecule has 31 heavy (non-hydrogen) atoms. The summed E-state index contributed by atoms with van der Waals surface area (Å²) >= 11 is 0. The Morgan fingerprint density at radius 1 is 1.10 bits per heavy atom. The summed E-state index contributed by atoms with van der Waals surface area (Å²) in [7, 11) is -0.627. The molecule has 0 saturated heterocycles. The first kappa shape index (κ1) is 23.9. The molecule has 0 spiro atoms. The number of aliphatic hydroxyl groups is 1. The van der Waals surface area contributed by atoms with Crippen molar-refractivity contribution in [1.29, 1.82) is 0 Å².